The number of ether oxygens (including phenoxy) is 2. The Morgan fingerprint density at radius 3 is 2.65 bits per heavy atom. The first-order valence-corrected chi connectivity index (χ1v) is 7.75. The molecule has 1 aliphatic rings. The average molecular weight is 309 g/mol. The smallest absolute Gasteiger partial charge is 0.163 e. The molecule has 0 radical (unpaired) electrons. The van der Waals surface area contributed by atoms with E-state index in [0.29, 0.717) is 13.2 Å². The Kier molecular flexibility index (Phi) is 3.55. The van der Waals surface area contributed by atoms with Gasteiger partial charge in [-0.15, -0.1) is 0 Å². The van der Waals surface area contributed by atoms with E-state index < -0.39 is 0 Å². The lowest BCUT2D eigenvalue weighted by Crippen LogP contribution is -2.15. The average Bonchev–Trinajstić information content (AvgIpc) is 2.97. The first-order chi connectivity index (χ1) is 11.3. The predicted molar refractivity (Wildman–Crippen MR) is 91.8 cm³/mol. The number of fused-ring (bicyclic) bond motifs is 2. The maximum Gasteiger partial charge on any atom is 0.163 e. The molecule has 5 nitrogen and oxygen atoms in total. The molecule has 1 aromatic heterocycles. The molecule has 118 valence electrons. The maximum atomic E-state index is 5.62. The summed E-state index contributed by atoms with van der Waals surface area (Å²) in [6.07, 6.45) is 2.05. The van der Waals surface area contributed by atoms with E-state index in [1.165, 1.54) is 10.9 Å². The van der Waals surface area contributed by atoms with Gasteiger partial charge in [0.15, 0.2) is 11.5 Å². The van der Waals surface area contributed by atoms with Crippen LogP contribution in [0.15, 0.2) is 42.6 Å². The summed E-state index contributed by atoms with van der Waals surface area (Å²) in [5, 5.41) is 7.84. The predicted octanol–water partition coefficient (Wildman–Crippen LogP) is 3.40. The van der Waals surface area contributed by atoms with Crippen molar-refractivity contribution >= 4 is 22.3 Å². The van der Waals surface area contributed by atoms with Crippen LogP contribution in [0.1, 0.15) is 5.56 Å². The van der Waals surface area contributed by atoms with Crippen molar-refractivity contribution in [3.63, 3.8) is 0 Å². The molecule has 5 heteroatoms. The third-order valence-electron chi connectivity index (χ3n) is 3.97. The van der Waals surface area contributed by atoms with Crippen molar-refractivity contribution in [2.75, 3.05) is 25.6 Å². The normalized spacial score (nSPS) is 13.3. The molecular weight excluding hydrogens is 290 g/mol. The Labute approximate surface area is 134 Å². The van der Waals surface area contributed by atoms with E-state index >= 15 is 0 Å². The largest absolute Gasteiger partial charge is 0.486 e. The van der Waals surface area contributed by atoms with Crippen LogP contribution in [0.25, 0.3) is 10.9 Å². The fraction of sp³-hybridized carbons (Fsp3) is 0.222. The Hall–Kier alpha value is -2.66. The van der Waals surface area contributed by atoms with Gasteiger partial charge in [-0.1, -0.05) is 6.07 Å². The van der Waals surface area contributed by atoms with Crippen LogP contribution in [0.2, 0.25) is 0 Å². The van der Waals surface area contributed by atoms with Crippen LogP contribution in [0, 0.1) is 0 Å². The lowest BCUT2D eigenvalue weighted by Gasteiger charge is -2.19. The molecule has 0 saturated carbocycles. The molecule has 2 aromatic carbocycles. The highest BCUT2D eigenvalue weighted by Gasteiger charge is 2.12. The molecule has 3 N–H and O–H groups in total. The summed E-state index contributed by atoms with van der Waals surface area (Å²) >= 11 is 0. The van der Waals surface area contributed by atoms with Gasteiger partial charge in [-0.2, -0.15) is 0 Å². The summed E-state index contributed by atoms with van der Waals surface area (Å²) in [6.45, 7) is 2.06. The molecule has 0 atom stereocenters. The van der Waals surface area contributed by atoms with Gasteiger partial charge in [0.25, 0.3) is 0 Å². The second kappa shape index (κ2) is 5.85. The summed E-state index contributed by atoms with van der Waals surface area (Å²) in [4.78, 5) is 3.32. The van der Waals surface area contributed by atoms with Gasteiger partial charge in [-0.25, -0.2) is 0 Å². The number of hydrogen-bond acceptors (Lipinski definition) is 4. The van der Waals surface area contributed by atoms with E-state index in [1.54, 1.807) is 0 Å². The summed E-state index contributed by atoms with van der Waals surface area (Å²) in [7, 11) is 1.95. The minimum absolute atomic E-state index is 0.596. The van der Waals surface area contributed by atoms with Gasteiger partial charge in [0.05, 0.1) is 0 Å². The summed E-state index contributed by atoms with van der Waals surface area (Å²) in [5.74, 6) is 1.59. The van der Waals surface area contributed by atoms with E-state index in [-0.39, 0.29) is 0 Å². The topological polar surface area (TPSA) is 58.3 Å². The van der Waals surface area contributed by atoms with Gasteiger partial charge < -0.3 is 25.1 Å². The zero-order valence-corrected chi connectivity index (χ0v) is 13.0. The van der Waals surface area contributed by atoms with Crippen LogP contribution < -0.4 is 20.1 Å². The number of aromatic amines is 1. The number of rotatable bonds is 4. The van der Waals surface area contributed by atoms with Crippen LogP contribution in [0.4, 0.5) is 11.4 Å². The monoisotopic (exact) mass is 309 g/mol. The molecule has 3 aromatic rings. The Morgan fingerprint density at radius 1 is 1.00 bits per heavy atom. The first-order valence-electron chi connectivity index (χ1n) is 7.75. The Morgan fingerprint density at radius 2 is 1.78 bits per heavy atom. The van der Waals surface area contributed by atoms with Gasteiger partial charge in [0.1, 0.15) is 13.2 Å². The molecule has 0 aliphatic carbocycles. The molecule has 0 bridgehead atoms. The number of benzene rings is 2. The van der Waals surface area contributed by atoms with E-state index in [4.69, 9.17) is 9.47 Å². The number of H-pyrrole nitrogens is 1. The maximum absolute atomic E-state index is 5.62. The zero-order valence-electron chi connectivity index (χ0n) is 13.0. The van der Waals surface area contributed by atoms with Gasteiger partial charge >= 0.3 is 0 Å². The molecule has 0 spiro atoms. The van der Waals surface area contributed by atoms with Crippen molar-refractivity contribution in [1.82, 2.24) is 10.3 Å². The molecule has 0 amide bonds. The lowest BCUT2D eigenvalue weighted by atomic mass is 10.1. The van der Waals surface area contributed by atoms with Crippen LogP contribution in [-0.4, -0.2) is 25.2 Å². The highest BCUT2D eigenvalue weighted by molar-refractivity contribution is 5.87. The number of aromatic nitrogens is 1. The van der Waals surface area contributed by atoms with Crippen molar-refractivity contribution in [2.24, 2.45) is 0 Å². The zero-order chi connectivity index (χ0) is 15.6. The summed E-state index contributed by atoms with van der Waals surface area (Å²) in [6, 6.07) is 12.3. The van der Waals surface area contributed by atoms with Crippen LogP contribution in [0.5, 0.6) is 11.5 Å². The molecule has 23 heavy (non-hydrogen) atoms. The van der Waals surface area contributed by atoms with E-state index in [9.17, 15) is 0 Å². The second-order valence-corrected chi connectivity index (χ2v) is 5.59. The molecular formula is C18H19N3O2. The Bertz CT molecular complexity index is 841. The van der Waals surface area contributed by atoms with E-state index in [1.807, 2.05) is 25.2 Å². The molecule has 4 rings (SSSR count). The highest BCUT2D eigenvalue weighted by atomic mass is 16.6. The number of nitrogens with one attached hydrogen (secondary N) is 3. The van der Waals surface area contributed by atoms with Crippen LogP contribution in [0.3, 0.4) is 0 Å². The standard InChI is InChI=1S/C18H19N3O2/c1-19-10-12-11-20-16-8-13(2-4-15(12)16)21-14-3-5-17-18(9-14)23-7-6-22-17/h2-5,8-9,11,19-21H,6-7,10H2,1H3. The number of anilines is 2. The molecule has 2 heterocycles. The van der Waals surface area contributed by atoms with Crippen LogP contribution >= 0.6 is 0 Å². The lowest BCUT2D eigenvalue weighted by molar-refractivity contribution is 0.171. The third kappa shape index (κ3) is 2.71. The van der Waals surface area contributed by atoms with Gasteiger partial charge in [-0.05, 0) is 36.9 Å². The van der Waals surface area contributed by atoms with Crippen molar-refractivity contribution in [1.29, 1.82) is 0 Å². The van der Waals surface area contributed by atoms with E-state index in [2.05, 4.69) is 40.0 Å². The number of hydrogen-bond donors (Lipinski definition) is 3. The third-order valence-corrected chi connectivity index (χ3v) is 3.97. The molecule has 1 aliphatic heterocycles. The summed E-state index contributed by atoms with van der Waals surface area (Å²) in [5.41, 5.74) is 4.41. The van der Waals surface area contributed by atoms with Gasteiger partial charge in [0, 0.05) is 41.1 Å². The van der Waals surface area contributed by atoms with Crippen LogP contribution in [-0.2, 0) is 6.54 Å². The van der Waals surface area contributed by atoms with E-state index in [0.717, 1.165) is 34.9 Å². The first kappa shape index (κ1) is 14.0. The van der Waals surface area contributed by atoms with Gasteiger partial charge in [-0.3, -0.25) is 0 Å². The van der Waals surface area contributed by atoms with Crippen molar-refractivity contribution in [3.05, 3.63) is 48.2 Å². The SMILES string of the molecule is CNCc1c[nH]c2cc(Nc3ccc4c(c3)OCCO4)ccc12. The van der Waals surface area contributed by atoms with Gasteiger partial charge in [0.2, 0.25) is 0 Å². The van der Waals surface area contributed by atoms with Crippen molar-refractivity contribution in [2.45, 2.75) is 6.54 Å². The molecule has 0 unspecified atom stereocenters. The fourth-order valence-electron chi connectivity index (χ4n) is 2.89. The fourth-order valence-corrected chi connectivity index (χ4v) is 2.89. The van der Waals surface area contributed by atoms with Crippen molar-refractivity contribution < 1.29 is 9.47 Å². The molecule has 0 fully saturated rings. The minimum Gasteiger partial charge on any atom is -0.486 e. The summed E-state index contributed by atoms with van der Waals surface area (Å²) < 4.78 is 11.2. The second-order valence-electron chi connectivity index (χ2n) is 5.59. The van der Waals surface area contributed by atoms with Crippen molar-refractivity contribution in [3.8, 4) is 11.5 Å². The minimum atomic E-state index is 0.596. The highest BCUT2D eigenvalue weighted by Crippen LogP contribution is 2.34. The quantitative estimate of drug-likeness (QED) is 0.691. The molecule has 0 saturated heterocycles. The Balaban J connectivity index is 1.60.